The van der Waals surface area contributed by atoms with E-state index in [4.69, 9.17) is 10.2 Å². The fourth-order valence-corrected chi connectivity index (χ4v) is 2.42. The summed E-state index contributed by atoms with van der Waals surface area (Å²) >= 11 is 0. The second-order valence-corrected chi connectivity index (χ2v) is 5.83. The Morgan fingerprint density at radius 1 is 1.37 bits per heavy atom. The number of hydrogen-bond acceptors (Lipinski definition) is 3. The Kier molecular flexibility index (Phi) is 5.60. The maximum absolute atomic E-state index is 11.7. The van der Waals surface area contributed by atoms with E-state index in [9.17, 15) is 9.59 Å². The van der Waals surface area contributed by atoms with Gasteiger partial charge in [0.2, 0.25) is 0 Å². The van der Waals surface area contributed by atoms with Gasteiger partial charge in [-0.1, -0.05) is 26.7 Å². The largest absolute Gasteiger partial charge is 0.479 e. The van der Waals surface area contributed by atoms with Crippen LogP contribution in [0.15, 0.2) is 0 Å². The summed E-state index contributed by atoms with van der Waals surface area (Å²) in [7, 11) is 0. The molecule has 0 aliphatic heterocycles. The van der Waals surface area contributed by atoms with E-state index >= 15 is 0 Å². The fraction of sp³-hybridized carbons (Fsp3) is 0.846. The highest BCUT2D eigenvalue weighted by atomic mass is 16.4. The van der Waals surface area contributed by atoms with Crippen LogP contribution in [0.5, 0.6) is 0 Å². The molecule has 1 rings (SSSR count). The predicted molar refractivity (Wildman–Crippen MR) is 70.8 cm³/mol. The summed E-state index contributed by atoms with van der Waals surface area (Å²) in [5.74, 6) is -1.27. The highest BCUT2D eigenvalue weighted by molar-refractivity contribution is 5.74. The standard InChI is InChI=1S/C13H24N2O4/c1-13(2)7-4-3-5-10(13)15-12(19)14-8-6-9(16)11(17)18/h9-10,16H,3-8H2,1-2H3,(H,17,18)(H2,14,15,19). The van der Waals surface area contributed by atoms with Gasteiger partial charge in [0.1, 0.15) is 0 Å². The lowest BCUT2D eigenvalue weighted by atomic mass is 9.73. The quantitative estimate of drug-likeness (QED) is 0.602. The summed E-state index contributed by atoms with van der Waals surface area (Å²) in [6.07, 6.45) is 2.96. The molecule has 1 saturated carbocycles. The van der Waals surface area contributed by atoms with E-state index in [2.05, 4.69) is 24.5 Å². The molecular weight excluding hydrogens is 248 g/mol. The van der Waals surface area contributed by atoms with Gasteiger partial charge >= 0.3 is 12.0 Å². The lowest BCUT2D eigenvalue weighted by Crippen LogP contribution is -2.50. The summed E-state index contributed by atoms with van der Waals surface area (Å²) in [5, 5.41) is 23.1. The van der Waals surface area contributed by atoms with Gasteiger partial charge in [-0.25, -0.2) is 9.59 Å². The van der Waals surface area contributed by atoms with Crippen LogP contribution in [0.1, 0.15) is 46.0 Å². The van der Waals surface area contributed by atoms with E-state index in [0.29, 0.717) is 0 Å². The molecule has 0 saturated heterocycles. The first-order chi connectivity index (χ1) is 8.83. The van der Waals surface area contributed by atoms with Crippen molar-refractivity contribution in [1.82, 2.24) is 10.6 Å². The van der Waals surface area contributed by atoms with E-state index in [0.717, 1.165) is 19.3 Å². The minimum Gasteiger partial charge on any atom is -0.479 e. The van der Waals surface area contributed by atoms with Gasteiger partial charge in [0.15, 0.2) is 6.10 Å². The molecule has 0 aromatic carbocycles. The van der Waals surface area contributed by atoms with Gasteiger partial charge in [0.25, 0.3) is 0 Å². The van der Waals surface area contributed by atoms with Gasteiger partial charge in [-0.15, -0.1) is 0 Å². The van der Waals surface area contributed by atoms with Crippen LogP contribution in [-0.4, -0.2) is 40.9 Å². The molecule has 6 heteroatoms. The molecule has 2 amide bonds. The number of amides is 2. The van der Waals surface area contributed by atoms with Crippen LogP contribution < -0.4 is 10.6 Å². The van der Waals surface area contributed by atoms with Crippen molar-refractivity contribution in [3.8, 4) is 0 Å². The van der Waals surface area contributed by atoms with Crippen molar-refractivity contribution in [3.63, 3.8) is 0 Å². The van der Waals surface area contributed by atoms with Gasteiger partial charge in [-0.2, -0.15) is 0 Å². The number of aliphatic hydroxyl groups excluding tert-OH is 1. The third-order valence-electron chi connectivity index (χ3n) is 3.80. The maximum atomic E-state index is 11.7. The summed E-state index contributed by atoms with van der Waals surface area (Å²) in [6.45, 7) is 4.43. The molecule has 0 aromatic rings. The van der Waals surface area contributed by atoms with E-state index in [1.165, 1.54) is 6.42 Å². The Hall–Kier alpha value is -1.30. The normalized spacial score (nSPS) is 23.4. The molecule has 4 N–H and O–H groups in total. The molecule has 110 valence electrons. The number of urea groups is 1. The van der Waals surface area contributed by atoms with Crippen LogP contribution in [0, 0.1) is 5.41 Å². The number of rotatable bonds is 5. The molecule has 1 aliphatic carbocycles. The maximum Gasteiger partial charge on any atom is 0.332 e. The average molecular weight is 272 g/mol. The van der Waals surface area contributed by atoms with Crippen molar-refractivity contribution in [2.24, 2.45) is 5.41 Å². The summed E-state index contributed by atoms with van der Waals surface area (Å²) in [5.41, 5.74) is 0.0934. The molecule has 0 radical (unpaired) electrons. The monoisotopic (exact) mass is 272 g/mol. The number of nitrogens with one attached hydrogen (secondary N) is 2. The van der Waals surface area contributed by atoms with Crippen LogP contribution >= 0.6 is 0 Å². The number of carbonyl (C=O) groups excluding carboxylic acids is 1. The zero-order valence-electron chi connectivity index (χ0n) is 11.6. The molecular formula is C13H24N2O4. The van der Waals surface area contributed by atoms with Gasteiger partial charge < -0.3 is 20.8 Å². The highest BCUT2D eigenvalue weighted by Crippen LogP contribution is 2.35. The van der Waals surface area contributed by atoms with E-state index in [1.54, 1.807) is 0 Å². The molecule has 0 aromatic heterocycles. The van der Waals surface area contributed by atoms with Gasteiger partial charge in [0.05, 0.1) is 0 Å². The molecule has 2 atom stereocenters. The number of carbonyl (C=O) groups is 2. The van der Waals surface area contributed by atoms with E-state index in [-0.39, 0.29) is 30.5 Å². The SMILES string of the molecule is CC1(C)CCCCC1NC(=O)NCCC(O)C(=O)O. The lowest BCUT2D eigenvalue weighted by Gasteiger charge is -2.38. The minimum atomic E-state index is -1.42. The molecule has 1 aliphatic rings. The van der Waals surface area contributed by atoms with Crippen LogP contribution in [0.4, 0.5) is 4.79 Å². The van der Waals surface area contributed by atoms with Crippen molar-refractivity contribution in [1.29, 1.82) is 0 Å². The zero-order chi connectivity index (χ0) is 14.5. The Morgan fingerprint density at radius 3 is 2.63 bits per heavy atom. The predicted octanol–water partition coefficient (Wildman–Crippen LogP) is 1.09. The van der Waals surface area contributed by atoms with E-state index in [1.807, 2.05) is 0 Å². The third kappa shape index (κ3) is 5.06. The highest BCUT2D eigenvalue weighted by Gasteiger charge is 2.33. The lowest BCUT2D eigenvalue weighted by molar-refractivity contribution is -0.146. The van der Waals surface area contributed by atoms with Gasteiger partial charge in [0, 0.05) is 19.0 Å². The first-order valence-electron chi connectivity index (χ1n) is 6.78. The number of carboxylic acids is 1. The average Bonchev–Trinajstić information content (AvgIpc) is 2.31. The van der Waals surface area contributed by atoms with Crippen molar-refractivity contribution in [2.75, 3.05) is 6.54 Å². The number of aliphatic hydroxyl groups is 1. The Labute approximate surface area is 113 Å². The van der Waals surface area contributed by atoms with Crippen LogP contribution in [0.2, 0.25) is 0 Å². The topological polar surface area (TPSA) is 98.7 Å². The number of carboxylic acid groups (broad SMARTS) is 1. The van der Waals surface area contributed by atoms with Crippen molar-refractivity contribution in [3.05, 3.63) is 0 Å². The summed E-state index contributed by atoms with van der Waals surface area (Å²) in [4.78, 5) is 22.1. The second-order valence-electron chi connectivity index (χ2n) is 5.83. The van der Waals surface area contributed by atoms with Crippen LogP contribution in [0.3, 0.4) is 0 Å². The number of hydrogen-bond donors (Lipinski definition) is 4. The van der Waals surface area contributed by atoms with Crippen molar-refractivity contribution in [2.45, 2.75) is 58.1 Å². The first kappa shape index (κ1) is 15.8. The molecule has 0 bridgehead atoms. The minimum absolute atomic E-state index is 0.0107. The zero-order valence-corrected chi connectivity index (χ0v) is 11.6. The Bertz CT molecular complexity index is 331. The summed E-state index contributed by atoms with van der Waals surface area (Å²) < 4.78 is 0. The molecule has 6 nitrogen and oxygen atoms in total. The molecule has 1 fully saturated rings. The summed E-state index contributed by atoms with van der Waals surface area (Å²) in [6, 6.07) is -0.150. The Balaban J connectivity index is 2.29. The molecule has 2 unspecified atom stereocenters. The van der Waals surface area contributed by atoms with Crippen LogP contribution in [-0.2, 0) is 4.79 Å². The molecule has 0 heterocycles. The second kappa shape index (κ2) is 6.75. The van der Waals surface area contributed by atoms with Crippen LogP contribution in [0.25, 0.3) is 0 Å². The molecule has 0 spiro atoms. The Morgan fingerprint density at radius 2 is 2.05 bits per heavy atom. The smallest absolute Gasteiger partial charge is 0.332 e. The third-order valence-corrected chi connectivity index (χ3v) is 3.80. The number of aliphatic carboxylic acids is 1. The van der Waals surface area contributed by atoms with Gasteiger partial charge in [-0.3, -0.25) is 0 Å². The van der Waals surface area contributed by atoms with Gasteiger partial charge in [-0.05, 0) is 18.3 Å². The fourth-order valence-electron chi connectivity index (χ4n) is 2.42. The van der Waals surface area contributed by atoms with Crippen molar-refractivity contribution >= 4 is 12.0 Å². The first-order valence-corrected chi connectivity index (χ1v) is 6.78. The van der Waals surface area contributed by atoms with Crippen molar-refractivity contribution < 1.29 is 19.8 Å². The van der Waals surface area contributed by atoms with E-state index < -0.39 is 12.1 Å². The molecule has 19 heavy (non-hydrogen) atoms.